The lowest BCUT2D eigenvalue weighted by Gasteiger charge is -2.05. The molecule has 0 aliphatic carbocycles. The van der Waals surface area contributed by atoms with E-state index in [9.17, 15) is 13.2 Å². The van der Waals surface area contributed by atoms with Gasteiger partial charge in [-0.15, -0.1) is 0 Å². The fourth-order valence-corrected chi connectivity index (χ4v) is 3.40. The molecule has 2 aromatic rings. The van der Waals surface area contributed by atoms with Crippen LogP contribution in [0.4, 0.5) is 5.69 Å². The first-order valence-electron chi connectivity index (χ1n) is 7.05. The van der Waals surface area contributed by atoms with Crippen molar-refractivity contribution in [3.8, 4) is 0 Å². The van der Waals surface area contributed by atoms with Crippen LogP contribution >= 0.6 is 0 Å². The predicted molar refractivity (Wildman–Crippen MR) is 89.3 cm³/mol. The van der Waals surface area contributed by atoms with Crippen LogP contribution in [0.1, 0.15) is 16.7 Å². The second-order valence-corrected chi connectivity index (χ2v) is 7.38. The Morgan fingerprint density at radius 1 is 1.26 bits per heavy atom. The molecule has 1 aliphatic heterocycles. The highest BCUT2D eigenvalue weighted by molar-refractivity contribution is 7.89. The summed E-state index contributed by atoms with van der Waals surface area (Å²) in [5, 5.41) is 2.76. The van der Waals surface area contributed by atoms with Gasteiger partial charge in [0.2, 0.25) is 10.0 Å². The van der Waals surface area contributed by atoms with Crippen LogP contribution in [-0.2, 0) is 21.9 Å². The molecule has 0 unspecified atom stereocenters. The lowest BCUT2D eigenvalue weighted by atomic mass is 10.0. The molecule has 3 rings (SSSR count). The monoisotopic (exact) mass is 331 g/mol. The largest absolute Gasteiger partial charge is 0.356 e. The summed E-state index contributed by atoms with van der Waals surface area (Å²) in [7, 11) is -0.289. The summed E-state index contributed by atoms with van der Waals surface area (Å²) < 4.78 is 28.1. The predicted octanol–water partition coefficient (Wildman–Crippen LogP) is 1.73. The molecular formula is C16H17N3O3S. The first kappa shape index (κ1) is 15.5. The molecule has 23 heavy (non-hydrogen) atoms. The fraction of sp³-hybridized carbons (Fsp3) is 0.188. The molecule has 1 amide bonds. The highest BCUT2D eigenvalue weighted by Crippen LogP contribution is 2.35. The van der Waals surface area contributed by atoms with E-state index < -0.39 is 10.0 Å². The van der Waals surface area contributed by atoms with Crippen LogP contribution in [0.15, 0.2) is 35.5 Å². The van der Waals surface area contributed by atoms with Gasteiger partial charge >= 0.3 is 0 Å². The summed E-state index contributed by atoms with van der Waals surface area (Å²) in [6.45, 7) is 1.96. The van der Waals surface area contributed by atoms with Crippen LogP contribution in [0.2, 0.25) is 0 Å². The third kappa shape index (κ3) is 2.69. The number of nitrogens with one attached hydrogen (secondary N) is 2. The van der Waals surface area contributed by atoms with Crippen LogP contribution in [0.5, 0.6) is 0 Å². The van der Waals surface area contributed by atoms with E-state index in [4.69, 9.17) is 0 Å². The maximum absolute atomic E-state index is 12.2. The minimum absolute atomic E-state index is 0.130. The zero-order valence-corrected chi connectivity index (χ0v) is 13.9. The van der Waals surface area contributed by atoms with E-state index in [1.54, 1.807) is 12.1 Å². The smallest absolute Gasteiger partial charge is 0.256 e. The minimum Gasteiger partial charge on any atom is -0.356 e. The number of hydrogen-bond donors (Lipinski definition) is 2. The number of anilines is 1. The third-order valence-corrected chi connectivity index (χ3v) is 5.26. The van der Waals surface area contributed by atoms with Crippen molar-refractivity contribution in [2.24, 2.45) is 7.05 Å². The lowest BCUT2D eigenvalue weighted by Crippen LogP contribution is -2.18. The average molecular weight is 331 g/mol. The molecule has 0 bridgehead atoms. The van der Waals surface area contributed by atoms with Gasteiger partial charge in [0, 0.05) is 36.3 Å². The van der Waals surface area contributed by atoms with Crippen molar-refractivity contribution in [2.75, 3.05) is 12.4 Å². The first-order chi connectivity index (χ1) is 10.8. The van der Waals surface area contributed by atoms with E-state index in [2.05, 4.69) is 10.0 Å². The summed E-state index contributed by atoms with van der Waals surface area (Å²) >= 11 is 0. The molecule has 0 saturated heterocycles. The quantitative estimate of drug-likeness (QED) is 0.841. The number of benzene rings is 1. The molecule has 1 aliphatic rings. The number of fused-ring (bicyclic) bond motifs is 1. The summed E-state index contributed by atoms with van der Waals surface area (Å²) in [5.41, 5.74) is 3.63. The molecule has 0 radical (unpaired) electrons. The molecule has 0 saturated carbocycles. The highest BCUT2D eigenvalue weighted by Gasteiger charge is 2.26. The number of sulfonamides is 1. The van der Waals surface area contributed by atoms with Crippen LogP contribution < -0.4 is 10.0 Å². The molecule has 0 atom stereocenters. The van der Waals surface area contributed by atoms with E-state index >= 15 is 0 Å². The topological polar surface area (TPSA) is 80.2 Å². The summed E-state index contributed by atoms with van der Waals surface area (Å²) in [4.78, 5) is 12.4. The van der Waals surface area contributed by atoms with Gasteiger partial charge in [-0.3, -0.25) is 4.79 Å². The van der Waals surface area contributed by atoms with Gasteiger partial charge in [0.1, 0.15) is 0 Å². The molecule has 120 valence electrons. The van der Waals surface area contributed by atoms with E-state index in [1.165, 1.54) is 19.2 Å². The Labute approximate surface area is 134 Å². The van der Waals surface area contributed by atoms with Crippen LogP contribution in [0, 0.1) is 6.92 Å². The maximum atomic E-state index is 12.2. The van der Waals surface area contributed by atoms with Gasteiger partial charge in [0.15, 0.2) is 0 Å². The Morgan fingerprint density at radius 3 is 2.61 bits per heavy atom. The van der Waals surface area contributed by atoms with E-state index in [-0.39, 0.29) is 10.8 Å². The molecule has 2 N–H and O–H groups in total. The zero-order chi connectivity index (χ0) is 16.8. The standard InChI is InChI=1S/C16H17N3O3S/c1-10-8-19(3)9-11(10)6-14-13-7-12(23(21,22)17-2)4-5-15(13)18-16(14)20/h4-9,17H,1-3H3,(H,18,20). The molecule has 7 heteroatoms. The molecular weight excluding hydrogens is 314 g/mol. The average Bonchev–Trinajstić information content (AvgIpc) is 2.98. The number of carbonyl (C=O) groups excluding carboxylic acids is 1. The second kappa shape index (κ2) is 5.36. The van der Waals surface area contributed by atoms with Gasteiger partial charge in [-0.25, -0.2) is 13.1 Å². The first-order valence-corrected chi connectivity index (χ1v) is 8.54. The number of aryl methyl sites for hydroxylation is 2. The van der Waals surface area contributed by atoms with Gasteiger partial charge < -0.3 is 9.88 Å². The Bertz CT molecular complexity index is 939. The second-order valence-electron chi connectivity index (χ2n) is 5.49. The number of rotatable bonds is 3. The van der Waals surface area contributed by atoms with Crippen LogP contribution in [-0.4, -0.2) is 25.9 Å². The zero-order valence-electron chi connectivity index (χ0n) is 13.0. The van der Waals surface area contributed by atoms with E-state index in [0.717, 1.165) is 11.1 Å². The lowest BCUT2D eigenvalue weighted by molar-refractivity contribution is -0.110. The van der Waals surface area contributed by atoms with Crippen molar-refractivity contribution in [3.05, 3.63) is 47.3 Å². The minimum atomic E-state index is -3.56. The van der Waals surface area contributed by atoms with Crippen molar-refractivity contribution in [1.82, 2.24) is 9.29 Å². The number of carbonyl (C=O) groups is 1. The van der Waals surface area contributed by atoms with Gasteiger partial charge in [-0.2, -0.15) is 0 Å². The van der Waals surface area contributed by atoms with Crippen molar-refractivity contribution in [2.45, 2.75) is 11.8 Å². The maximum Gasteiger partial charge on any atom is 0.256 e. The van der Waals surface area contributed by atoms with Gasteiger partial charge in [-0.05, 0) is 49.4 Å². The number of nitrogens with zero attached hydrogens (tertiary/aromatic N) is 1. The summed E-state index contributed by atoms with van der Waals surface area (Å²) in [6, 6.07) is 4.60. The number of amides is 1. The van der Waals surface area contributed by atoms with Crippen LogP contribution in [0.25, 0.3) is 11.6 Å². The molecule has 0 fully saturated rings. The molecule has 0 spiro atoms. The van der Waals surface area contributed by atoms with Gasteiger partial charge in [0.05, 0.1) is 4.90 Å². The molecule has 6 nitrogen and oxygen atoms in total. The Morgan fingerprint density at radius 2 is 2.00 bits per heavy atom. The molecule has 1 aromatic heterocycles. The van der Waals surface area contributed by atoms with Crippen molar-refractivity contribution >= 4 is 33.3 Å². The Kier molecular flexibility index (Phi) is 3.62. The number of aromatic nitrogens is 1. The molecule has 2 heterocycles. The summed E-state index contributed by atoms with van der Waals surface area (Å²) in [6.07, 6.45) is 5.66. The van der Waals surface area contributed by atoms with Crippen LogP contribution in [0.3, 0.4) is 0 Å². The highest BCUT2D eigenvalue weighted by atomic mass is 32.2. The molecule has 1 aromatic carbocycles. The van der Waals surface area contributed by atoms with Crippen molar-refractivity contribution in [1.29, 1.82) is 0 Å². The SMILES string of the molecule is CNS(=O)(=O)c1ccc2c(c1)C(=Cc1cn(C)cc1C)C(=O)N2. The third-order valence-electron chi connectivity index (χ3n) is 3.85. The van der Waals surface area contributed by atoms with Gasteiger partial charge in [-0.1, -0.05) is 0 Å². The normalized spacial score (nSPS) is 15.8. The fourth-order valence-electron chi connectivity index (χ4n) is 2.64. The van der Waals surface area contributed by atoms with Crippen molar-refractivity contribution < 1.29 is 13.2 Å². The summed E-state index contributed by atoms with van der Waals surface area (Å²) in [5.74, 6) is -0.234. The Balaban J connectivity index is 2.15. The number of hydrogen-bond acceptors (Lipinski definition) is 3. The van der Waals surface area contributed by atoms with E-state index in [1.807, 2.05) is 30.9 Å². The van der Waals surface area contributed by atoms with Crippen molar-refractivity contribution in [3.63, 3.8) is 0 Å². The van der Waals surface area contributed by atoms with E-state index in [0.29, 0.717) is 16.8 Å². The van der Waals surface area contributed by atoms with Gasteiger partial charge in [0.25, 0.3) is 5.91 Å². The Hall–Kier alpha value is -2.38.